The maximum Gasteiger partial charge on any atom is 0.204 e. The van der Waals surface area contributed by atoms with Gasteiger partial charge in [-0.25, -0.2) is 9.37 Å². The Kier molecular flexibility index (Phi) is 4.75. The number of imidazole rings is 1. The van der Waals surface area contributed by atoms with Gasteiger partial charge in [-0.05, 0) is 55.8 Å². The van der Waals surface area contributed by atoms with Gasteiger partial charge >= 0.3 is 0 Å². The number of halogens is 1. The quantitative estimate of drug-likeness (QED) is 0.737. The topological polar surface area (TPSA) is 51.1 Å². The fourth-order valence-corrected chi connectivity index (χ4v) is 3.43. The fraction of sp³-hybridized carbons (Fsp3) is 0.350. The maximum atomic E-state index is 13.2. The van der Waals surface area contributed by atoms with Crippen molar-refractivity contribution in [2.45, 2.75) is 25.4 Å². The van der Waals surface area contributed by atoms with Crippen molar-refractivity contribution in [3.05, 3.63) is 53.8 Å². The van der Waals surface area contributed by atoms with Gasteiger partial charge in [-0.1, -0.05) is 12.1 Å². The summed E-state index contributed by atoms with van der Waals surface area (Å²) in [7, 11) is 1.66. The first-order valence-corrected chi connectivity index (χ1v) is 8.99. The summed E-state index contributed by atoms with van der Waals surface area (Å²) in [5, 5.41) is 6.99. The number of hydrogen-bond acceptors (Lipinski definition) is 4. The molecule has 6 heteroatoms. The first-order chi connectivity index (χ1) is 12.7. The van der Waals surface area contributed by atoms with E-state index in [4.69, 9.17) is 9.72 Å². The lowest BCUT2D eigenvalue weighted by Gasteiger charge is -2.24. The summed E-state index contributed by atoms with van der Waals surface area (Å²) in [4.78, 5) is 4.81. The van der Waals surface area contributed by atoms with Crippen LogP contribution in [0.3, 0.4) is 0 Å². The zero-order chi connectivity index (χ0) is 17.9. The van der Waals surface area contributed by atoms with Crippen LogP contribution in [0, 0.1) is 5.82 Å². The molecule has 136 valence electrons. The van der Waals surface area contributed by atoms with Crippen LogP contribution in [0.2, 0.25) is 0 Å². The van der Waals surface area contributed by atoms with Gasteiger partial charge in [0.15, 0.2) is 0 Å². The minimum atomic E-state index is -0.220. The van der Waals surface area contributed by atoms with Crippen LogP contribution < -0.4 is 15.4 Å². The molecule has 2 N–H and O–H groups in total. The minimum Gasteiger partial charge on any atom is -0.497 e. The Balaban J connectivity index is 1.71. The van der Waals surface area contributed by atoms with E-state index in [1.165, 1.54) is 12.1 Å². The number of ether oxygens (including phenoxy) is 1. The van der Waals surface area contributed by atoms with Crippen LogP contribution in [0.4, 0.5) is 10.3 Å². The van der Waals surface area contributed by atoms with Crippen LogP contribution in [-0.2, 0) is 6.54 Å². The van der Waals surface area contributed by atoms with Crippen LogP contribution >= 0.6 is 0 Å². The van der Waals surface area contributed by atoms with Gasteiger partial charge in [0.1, 0.15) is 11.6 Å². The van der Waals surface area contributed by atoms with Gasteiger partial charge in [0.2, 0.25) is 5.95 Å². The predicted molar refractivity (Wildman–Crippen MR) is 101 cm³/mol. The molecule has 26 heavy (non-hydrogen) atoms. The molecule has 1 saturated heterocycles. The summed E-state index contributed by atoms with van der Waals surface area (Å²) in [5.74, 6) is 1.42. The standard InChI is InChI=1S/C20H23FN4O/c1-26-17-6-7-19-18(12-17)24-20(23-16-8-10-22-11-9-16)25(19)13-14-2-4-15(21)5-3-14/h2-7,12,16,22H,8-11,13H2,1H3,(H,23,24). The molecule has 2 heterocycles. The van der Waals surface area contributed by atoms with Crippen LogP contribution in [0.5, 0.6) is 5.75 Å². The largest absolute Gasteiger partial charge is 0.497 e. The third-order valence-electron chi connectivity index (χ3n) is 4.88. The Hall–Kier alpha value is -2.60. The first-order valence-electron chi connectivity index (χ1n) is 8.99. The van der Waals surface area contributed by atoms with E-state index < -0.39 is 0 Å². The van der Waals surface area contributed by atoms with Crippen molar-refractivity contribution >= 4 is 17.0 Å². The number of nitrogens with one attached hydrogen (secondary N) is 2. The molecule has 1 aliphatic rings. The predicted octanol–water partition coefficient (Wildman–Crippen LogP) is 3.40. The highest BCUT2D eigenvalue weighted by atomic mass is 19.1. The summed E-state index contributed by atoms with van der Waals surface area (Å²) in [5.41, 5.74) is 2.96. The van der Waals surface area contributed by atoms with Crippen LogP contribution in [0.25, 0.3) is 11.0 Å². The molecule has 1 aliphatic heterocycles. The molecule has 0 saturated carbocycles. The van der Waals surface area contributed by atoms with Crippen molar-refractivity contribution in [2.24, 2.45) is 0 Å². The van der Waals surface area contributed by atoms with Gasteiger partial charge in [0, 0.05) is 12.1 Å². The second-order valence-electron chi connectivity index (χ2n) is 6.67. The summed E-state index contributed by atoms with van der Waals surface area (Å²) in [6, 6.07) is 13.0. The molecule has 1 fully saturated rings. The maximum absolute atomic E-state index is 13.2. The molecule has 0 atom stereocenters. The van der Waals surface area contributed by atoms with Gasteiger partial charge in [0.25, 0.3) is 0 Å². The number of hydrogen-bond donors (Lipinski definition) is 2. The summed E-state index contributed by atoms with van der Waals surface area (Å²) >= 11 is 0. The van der Waals surface area contributed by atoms with E-state index in [0.717, 1.165) is 54.2 Å². The number of piperidine rings is 1. The number of methoxy groups -OCH3 is 1. The molecule has 0 radical (unpaired) electrons. The van der Waals surface area contributed by atoms with E-state index in [-0.39, 0.29) is 5.82 Å². The molecular weight excluding hydrogens is 331 g/mol. The molecule has 4 rings (SSSR count). The zero-order valence-electron chi connectivity index (χ0n) is 14.8. The average molecular weight is 354 g/mol. The average Bonchev–Trinajstić information content (AvgIpc) is 3.00. The number of anilines is 1. The van der Waals surface area contributed by atoms with Crippen molar-refractivity contribution < 1.29 is 9.13 Å². The summed E-state index contributed by atoms with van der Waals surface area (Å²) < 4.78 is 20.7. The van der Waals surface area contributed by atoms with Gasteiger partial charge in [-0.15, -0.1) is 0 Å². The zero-order valence-corrected chi connectivity index (χ0v) is 14.8. The van der Waals surface area contributed by atoms with Crippen molar-refractivity contribution in [3.63, 3.8) is 0 Å². The molecule has 0 amide bonds. The lowest BCUT2D eigenvalue weighted by Crippen LogP contribution is -2.36. The van der Waals surface area contributed by atoms with E-state index in [2.05, 4.69) is 15.2 Å². The Labute approximate surface area is 152 Å². The monoisotopic (exact) mass is 354 g/mol. The van der Waals surface area contributed by atoms with E-state index in [1.807, 2.05) is 30.3 Å². The van der Waals surface area contributed by atoms with E-state index in [9.17, 15) is 4.39 Å². The Morgan fingerprint density at radius 1 is 1.19 bits per heavy atom. The highest BCUT2D eigenvalue weighted by molar-refractivity contribution is 5.80. The van der Waals surface area contributed by atoms with Gasteiger partial charge < -0.3 is 19.9 Å². The molecule has 0 unspecified atom stereocenters. The second kappa shape index (κ2) is 7.33. The van der Waals surface area contributed by atoms with Gasteiger partial charge in [-0.3, -0.25) is 0 Å². The van der Waals surface area contributed by atoms with Crippen LogP contribution in [0.1, 0.15) is 18.4 Å². The number of aromatic nitrogens is 2. The molecule has 0 aliphatic carbocycles. The van der Waals surface area contributed by atoms with Gasteiger partial charge in [-0.2, -0.15) is 0 Å². The van der Waals surface area contributed by atoms with Crippen molar-refractivity contribution in [3.8, 4) is 5.75 Å². The second-order valence-corrected chi connectivity index (χ2v) is 6.67. The Morgan fingerprint density at radius 2 is 1.96 bits per heavy atom. The normalized spacial score (nSPS) is 15.3. The molecule has 5 nitrogen and oxygen atoms in total. The molecule has 2 aromatic carbocycles. The van der Waals surface area contributed by atoms with Crippen LogP contribution in [-0.4, -0.2) is 35.8 Å². The minimum absolute atomic E-state index is 0.220. The van der Waals surface area contributed by atoms with Gasteiger partial charge in [0.05, 0.1) is 24.7 Å². The Morgan fingerprint density at radius 3 is 2.69 bits per heavy atom. The number of fused-ring (bicyclic) bond motifs is 1. The van der Waals surface area contributed by atoms with Crippen LogP contribution in [0.15, 0.2) is 42.5 Å². The number of nitrogens with zero attached hydrogens (tertiary/aromatic N) is 2. The highest BCUT2D eigenvalue weighted by Crippen LogP contribution is 2.26. The van der Waals surface area contributed by atoms with E-state index >= 15 is 0 Å². The number of benzene rings is 2. The summed E-state index contributed by atoms with van der Waals surface area (Å²) in [6.07, 6.45) is 2.14. The fourth-order valence-electron chi connectivity index (χ4n) is 3.43. The van der Waals surface area contributed by atoms with Crippen molar-refractivity contribution in [1.29, 1.82) is 0 Å². The molecule has 0 bridgehead atoms. The third-order valence-corrected chi connectivity index (χ3v) is 4.88. The molecule has 3 aromatic rings. The lowest BCUT2D eigenvalue weighted by molar-refractivity contribution is 0.415. The smallest absolute Gasteiger partial charge is 0.204 e. The van der Waals surface area contributed by atoms with Crippen molar-refractivity contribution in [2.75, 3.05) is 25.5 Å². The van der Waals surface area contributed by atoms with Crippen molar-refractivity contribution in [1.82, 2.24) is 14.9 Å². The third kappa shape index (κ3) is 3.51. The molecule has 1 aromatic heterocycles. The highest BCUT2D eigenvalue weighted by Gasteiger charge is 2.18. The molecule has 0 spiro atoms. The number of rotatable bonds is 5. The van der Waals surface area contributed by atoms with E-state index in [1.54, 1.807) is 7.11 Å². The lowest BCUT2D eigenvalue weighted by atomic mass is 10.1. The summed E-state index contributed by atoms with van der Waals surface area (Å²) in [6.45, 7) is 2.67. The first kappa shape index (κ1) is 16.8. The molecular formula is C20H23FN4O. The van der Waals surface area contributed by atoms with E-state index in [0.29, 0.717) is 12.6 Å². The Bertz CT molecular complexity index is 885. The SMILES string of the molecule is COc1ccc2c(c1)nc(NC1CCNCC1)n2Cc1ccc(F)cc1.